The molecule has 1 aromatic heterocycles. The van der Waals surface area contributed by atoms with Crippen LogP contribution in [0.15, 0.2) is 18.3 Å². The molecule has 5 heteroatoms. The first kappa shape index (κ1) is 12.6. The number of aliphatic hydroxyl groups excluding tert-OH is 1. The van der Waals surface area contributed by atoms with Gasteiger partial charge in [0.1, 0.15) is 12.1 Å². The molecule has 0 saturated carbocycles. The van der Waals surface area contributed by atoms with E-state index in [4.69, 9.17) is 10.5 Å². The maximum atomic E-state index is 11.3. The minimum Gasteiger partial charge on any atom is -0.465 e. The van der Waals surface area contributed by atoms with Crippen molar-refractivity contribution in [1.29, 1.82) is 0 Å². The van der Waals surface area contributed by atoms with Crippen molar-refractivity contribution >= 4 is 5.97 Å². The third-order valence-electron chi connectivity index (χ3n) is 2.23. The van der Waals surface area contributed by atoms with E-state index in [1.165, 1.54) is 0 Å². The van der Waals surface area contributed by atoms with Gasteiger partial charge in [0.15, 0.2) is 0 Å². The Balaban J connectivity index is 2.82. The van der Waals surface area contributed by atoms with Crippen LogP contribution in [0.5, 0.6) is 0 Å². The molecule has 0 radical (unpaired) electrons. The molecule has 2 atom stereocenters. The summed E-state index contributed by atoms with van der Waals surface area (Å²) in [5, 5.41) is 9.88. The molecule has 2 unspecified atom stereocenters. The molecule has 0 spiro atoms. The summed E-state index contributed by atoms with van der Waals surface area (Å²) >= 11 is 0. The van der Waals surface area contributed by atoms with Gasteiger partial charge < -0.3 is 15.6 Å². The molecular weight excluding hydrogens is 208 g/mol. The smallest absolute Gasteiger partial charge is 0.326 e. The van der Waals surface area contributed by atoms with Crippen molar-refractivity contribution in [2.75, 3.05) is 6.61 Å². The monoisotopic (exact) mass is 224 g/mol. The zero-order chi connectivity index (χ0) is 12.1. The van der Waals surface area contributed by atoms with E-state index in [9.17, 15) is 9.90 Å². The molecule has 1 aromatic rings. The lowest BCUT2D eigenvalue weighted by molar-refractivity contribution is -0.147. The number of aliphatic hydroxyl groups is 1. The van der Waals surface area contributed by atoms with E-state index >= 15 is 0 Å². The van der Waals surface area contributed by atoms with E-state index in [-0.39, 0.29) is 6.61 Å². The Labute approximate surface area is 94.2 Å². The van der Waals surface area contributed by atoms with E-state index in [0.717, 1.165) is 5.56 Å². The predicted molar refractivity (Wildman–Crippen MR) is 58.5 cm³/mol. The van der Waals surface area contributed by atoms with E-state index in [1.807, 2.05) is 0 Å². The first-order chi connectivity index (χ1) is 7.57. The van der Waals surface area contributed by atoms with Gasteiger partial charge in [0.2, 0.25) is 0 Å². The molecule has 0 aromatic carbocycles. The fourth-order valence-electron chi connectivity index (χ4n) is 1.34. The standard InChI is InChI=1S/C11H16N2O3/c1-3-16-11(15)8(12)10(14)9-7(2)5-4-6-13-9/h4-6,8,10,14H,3,12H2,1-2H3. The molecular formula is C11H16N2O3. The van der Waals surface area contributed by atoms with Crippen molar-refractivity contribution in [2.45, 2.75) is 26.0 Å². The molecule has 0 bridgehead atoms. The van der Waals surface area contributed by atoms with Gasteiger partial charge in [-0.1, -0.05) is 6.07 Å². The Morgan fingerprint density at radius 2 is 2.38 bits per heavy atom. The van der Waals surface area contributed by atoms with Crippen LogP contribution >= 0.6 is 0 Å². The van der Waals surface area contributed by atoms with Crippen molar-refractivity contribution in [3.05, 3.63) is 29.6 Å². The molecule has 0 saturated heterocycles. The van der Waals surface area contributed by atoms with Gasteiger partial charge in [-0.3, -0.25) is 9.78 Å². The molecule has 88 valence electrons. The second-order valence-corrected chi connectivity index (χ2v) is 3.43. The lowest BCUT2D eigenvalue weighted by atomic mass is 10.0. The van der Waals surface area contributed by atoms with Gasteiger partial charge in [-0.15, -0.1) is 0 Å². The fourth-order valence-corrected chi connectivity index (χ4v) is 1.34. The number of pyridine rings is 1. The van der Waals surface area contributed by atoms with Crippen molar-refractivity contribution in [2.24, 2.45) is 5.73 Å². The van der Waals surface area contributed by atoms with Crippen LogP contribution in [-0.2, 0) is 9.53 Å². The molecule has 0 amide bonds. The summed E-state index contributed by atoms with van der Waals surface area (Å²) in [7, 11) is 0. The minimum atomic E-state index is -1.14. The van der Waals surface area contributed by atoms with E-state index < -0.39 is 18.1 Å². The highest BCUT2D eigenvalue weighted by Crippen LogP contribution is 2.17. The van der Waals surface area contributed by atoms with Crippen molar-refractivity contribution in [3.8, 4) is 0 Å². The van der Waals surface area contributed by atoms with Crippen LogP contribution in [0.25, 0.3) is 0 Å². The van der Waals surface area contributed by atoms with E-state index in [1.54, 1.807) is 32.2 Å². The molecule has 0 aliphatic rings. The van der Waals surface area contributed by atoms with E-state index in [0.29, 0.717) is 5.69 Å². The van der Waals surface area contributed by atoms with E-state index in [2.05, 4.69) is 4.98 Å². The zero-order valence-corrected chi connectivity index (χ0v) is 9.38. The molecule has 1 heterocycles. The molecule has 0 fully saturated rings. The van der Waals surface area contributed by atoms with Gasteiger partial charge in [0.25, 0.3) is 0 Å². The molecule has 5 nitrogen and oxygen atoms in total. The van der Waals surface area contributed by atoms with Crippen LogP contribution in [-0.4, -0.2) is 28.7 Å². The van der Waals surface area contributed by atoms with Crippen LogP contribution < -0.4 is 5.73 Å². The highest BCUT2D eigenvalue weighted by atomic mass is 16.5. The number of nitrogens with two attached hydrogens (primary N) is 1. The number of hydrogen-bond acceptors (Lipinski definition) is 5. The third kappa shape index (κ3) is 2.77. The second-order valence-electron chi connectivity index (χ2n) is 3.43. The van der Waals surface area contributed by atoms with Crippen molar-refractivity contribution in [3.63, 3.8) is 0 Å². The highest BCUT2D eigenvalue weighted by Gasteiger charge is 2.27. The quantitative estimate of drug-likeness (QED) is 0.719. The molecule has 0 aliphatic heterocycles. The van der Waals surface area contributed by atoms with Crippen molar-refractivity contribution < 1.29 is 14.6 Å². The predicted octanol–water partition coefficient (Wildman–Crippen LogP) is 0.314. The number of ether oxygens (including phenoxy) is 1. The largest absolute Gasteiger partial charge is 0.465 e. The lowest BCUT2D eigenvalue weighted by Gasteiger charge is -2.18. The Bertz CT molecular complexity index is 368. The van der Waals surface area contributed by atoms with Gasteiger partial charge in [-0.25, -0.2) is 0 Å². The summed E-state index contributed by atoms with van der Waals surface area (Å²) in [5.74, 6) is -0.625. The Morgan fingerprint density at radius 3 is 2.94 bits per heavy atom. The van der Waals surface area contributed by atoms with Crippen LogP contribution in [0.3, 0.4) is 0 Å². The topological polar surface area (TPSA) is 85.4 Å². The Morgan fingerprint density at radius 1 is 1.69 bits per heavy atom. The lowest BCUT2D eigenvalue weighted by Crippen LogP contribution is -2.38. The summed E-state index contributed by atoms with van der Waals surface area (Å²) in [6.07, 6.45) is 0.406. The van der Waals surface area contributed by atoms with Gasteiger partial charge in [0, 0.05) is 6.20 Å². The maximum Gasteiger partial charge on any atom is 0.326 e. The van der Waals surface area contributed by atoms with Crippen LogP contribution in [0, 0.1) is 6.92 Å². The number of carbonyl (C=O) groups is 1. The van der Waals surface area contributed by atoms with Crippen LogP contribution in [0.1, 0.15) is 24.3 Å². The summed E-state index contributed by atoms with van der Waals surface area (Å²) in [4.78, 5) is 15.3. The highest BCUT2D eigenvalue weighted by molar-refractivity contribution is 5.76. The first-order valence-electron chi connectivity index (χ1n) is 5.09. The van der Waals surface area contributed by atoms with Gasteiger partial charge in [-0.2, -0.15) is 0 Å². The number of nitrogens with zero attached hydrogens (tertiary/aromatic N) is 1. The number of hydrogen-bond donors (Lipinski definition) is 2. The first-order valence-corrected chi connectivity index (χ1v) is 5.09. The molecule has 1 rings (SSSR count). The Hall–Kier alpha value is -1.46. The summed E-state index contributed by atoms with van der Waals surface area (Å²) in [5.41, 5.74) is 6.78. The summed E-state index contributed by atoms with van der Waals surface area (Å²) < 4.78 is 4.73. The average molecular weight is 224 g/mol. The number of esters is 1. The number of carbonyl (C=O) groups excluding carboxylic acids is 1. The summed E-state index contributed by atoms with van der Waals surface area (Å²) in [6, 6.07) is 2.44. The normalized spacial score (nSPS) is 14.2. The number of rotatable bonds is 4. The molecule has 16 heavy (non-hydrogen) atoms. The van der Waals surface area contributed by atoms with Crippen molar-refractivity contribution in [1.82, 2.24) is 4.98 Å². The third-order valence-corrected chi connectivity index (χ3v) is 2.23. The summed E-state index contributed by atoms with van der Waals surface area (Å²) in [6.45, 7) is 3.72. The minimum absolute atomic E-state index is 0.237. The fraction of sp³-hybridized carbons (Fsp3) is 0.455. The molecule has 0 aliphatic carbocycles. The van der Waals surface area contributed by atoms with Crippen LogP contribution in [0.2, 0.25) is 0 Å². The average Bonchev–Trinajstić information content (AvgIpc) is 2.28. The molecule has 3 N–H and O–H groups in total. The number of aryl methyl sites for hydroxylation is 1. The number of aromatic nitrogens is 1. The maximum absolute atomic E-state index is 11.3. The zero-order valence-electron chi connectivity index (χ0n) is 9.38. The van der Waals surface area contributed by atoms with Gasteiger partial charge in [0.05, 0.1) is 12.3 Å². The van der Waals surface area contributed by atoms with Gasteiger partial charge >= 0.3 is 5.97 Å². The second kappa shape index (κ2) is 5.58. The van der Waals surface area contributed by atoms with Crippen LogP contribution in [0.4, 0.5) is 0 Å². The SMILES string of the molecule is CCOC(=O)C(N)C(O)c1ncccc1C. The van der Waals surface area contributed by atoms with Gasteiger partial charge in [-0.05, 0) is 25.5 Å². The Kier molecular flexibility index (Phi) is 4.39.